The van der Waals surface area contributed by atoms with Crippen LogP contribution < -0.4 is 5.73 Å². The van der Waals surface area contributed by atoms with Crippen LogP contribution in [0.15, 0.2) is 40.6 Å². The Morgan fingerprint density at radius 2 is 1.93 bits per heavy atom. The minimum absolute atomic E-state index is 0.368. The lowest BCUT2D eigenvalue weighted by atomic mass is 10.3. The highest BCUT2D eigenvalue weighted by Crippen LogP contribution is 2.25. The predicted molar refractivity (Wildman–Crippen MR) is 58.4 cm³/mol. The number of nitrogens with one attached hydrogen (secondary N) is 1. The van der Waals surface area contributed by atoms with Gasteiger partial charge in [0.1, 0.15) is 5.69 Å². The second-order valence-electron chi connectivity index (χ2n) is 3.12. The van der Waals surface area contributed by atoms with Crippen LogP contribution in [0, 0.1) is 6.92 Å². The van der Waals surface area contributed by atoms with Crippen LogP contribution in [0.5, 0.6) is 0 Å². The first-order valence-corrected chi connectivity index (χ1v) is 4.54. The van der Waals surface area contributed by atoms with Gasteiger partial charge in [-0.15, -0.1) is 5.11 Å². The molecular formula is C10H11N5. The quantitative estimate of drug-likeness (QED) is 0.732. The first-order valence-electron chi connectivity index (χ1n) is 4.54. The van der Waals surface area contributed by atoms with Crippen LogP contribution in [0.3, 0.4) is 0 Å². The van der Waals surface area contributed by atoms with E-state index >= 15 is 0 Å². The molecule has 1 aromatic carbocycles. The molecule has 3 N–H and O–H groups in total. The Kier molecular flexibility index (Phi) is 2.45. The molecule has 76 valence electrons. The molecule has 0 spiro atoms. The molecule has 5 nitrogen and oxygen atoms in total. The maximum Gasteiger partial charge on any atom is 0.173 e. The molecule has 0 bridgehead atoms. The van der Waals surface area contributed by atoms with E-state index in [4.69, 9.17) is 5.73 Å². The standard InChI is InChI=1S/C10H11N5/c1-7-9(10(11)15-12-7)14-13-8-5-3-2-4-6-8/h2-6H,1H3,(H3,11,12,15). The number of benzene rings is 1. The SMILES string of the molecule is Cc1[nH]nc(N)c1N=Nc1ccccc1. The van der Waals surface area contributed by atoms with Gasteiger partial charge in [0.05, 0.1) is 11.4 Å². The van der Waals surface area contributed by atoms with E-state index in [0.29, 0.717) is 11.5 Å². The number of H-pyrrole nitrogens is 1. The predicted octanol–water partition coefficient (Wildman–Crippen LogP) is 2.72. The van der Waals surface area contributed by atoms with Crippen molar-refractivity contribution in [2.24, 2.45) is 10.2 Å². The molecule has 0 unspecified atom stereocenters. The average Bonchev–Trinajstić information content (AvgIpc) is 2.58. The second kappa shape index (κ2) is 3.91. The third kappa shape index (κ3) is 2.01. The highest BCUT2D eigenvalue weighted by atomic mass is 15.2. The van der Waals surface area contributed by atoms with Crippen molar-refractivity contribution >= 4 is 17.2 Å². The third-order valence-electron chi connectivity index (χ3n) is 1.96. The van der Waals surface area contributed by atoms with Gasteiger partial charge in [-0.25, -0.2) is 0 Å². The van der Waals surface area contributed by atoms with Crippen LogP contribution in [0.1, 0.15) is 5.69 Å². The lowest BCUT2D eigenvalue weighted by Crippen LogP contribution is -1.83. The number of hydrogen-bond donors (Lipinski definition) is 2. The summed E-state index contributed by atoms with van der Waals surface area (Å²) in [5.74, 6) is 0.368. The van der Waals surface area contributed by atoms with Gasteiger partial charge in [-0.3, -0.25) is 5.10 Å². The number of nitrogens with two attached hydrogens (primary N) is 1. The molecule has 2 rings (SSSR count). The number of rotatable bonds is 2. The number of aromatic nitrogens is 2. The summed E-state index contributed by atoms with van der Waals surface area (Å²) in [6, 6.07) is 9.47. The molecule has 0 saturated heterocycles. The second-order valence-corrected chi connectivity index (χ2v) is 3.12. The van der Waals surface area contributed by atoms with Crippen LogP contribution in [-0.2, 0) is 0 Å². The largest absolute Gasteiger partial charge is 0.380 e. The van der Waals surface area contributed by atoms with Gasteiger partial charge in [-0.2, -0.15) is 10.2 Å². The van der Waals surface area contributed by atoms with E-state index in [1.165, 1.54) is 0 Å². The Morgan fingerprint density at radius 3 is 2.53 bits per heavy atom. The highest BCUT2D eigenvalue weighted by molar-refractivity contribution is 5.59. The Hall–Kier alpha value is -2.17. The molecule has 0 amide bonds. The molecule has 0 radical (unpaired) electrons. The number of aromatic amines is 1. The zero-order chi connectivity index (χ0) is 10.7. The van der Waals surface area contributed by atoms with Crippen LogP contribution in [0.4, 0.5) is 17.2 Å². The zero-order valence-electron chi connectivity index (χ0n) is 8.31. The summed E-state index contributed by atoms with van der Waals surface area (Å²) in [6.07, 6.45) is 0. The van der Waals surface area contributed by atoms with Crippen LogP contribution in [-0.4, -0.2) is 10.2 Å². The fourth-order valence-electron chi connectivity index (χ4n) is 1.17. The molecule has 1 aromatic heterocycles. The van der Waals surface area contributed by atoms with E-state index in [0.717, 1.165) is 11.4 Å². The van der Waals surface area contributed by atoms with E-state index in [1.807, 2.05) is 37.3 Å². The molecule has 5 heteroatoms. The Balaban J connectivity index is 2.26. The maximum absolute atomic E-state index is 5.61. The molecule has 0 aliphatic heterocycles. The van der Waals surface area contributed by atoms with Gasteiger partial charge < -0.3 is 5.73 Å². The fraction of sp³-hybridized carbons (Fsp3) is 0.100. The molecule has 0 aliphatic rings. The normalized spacial score (nSPS) is 11.0. The number of nitrogens with zero attached hydrogens (tertiary/aromatic N) is 3. The number of aryl methyl sites for hydroxylation is 1. The van der Waals surface area contributed by atoms with Crippen molar-refractivity contribution in [1.29, 1.82) is 0 Å². The van der Waals surface area contributed by atoms with Crippen molar-refractivity contribution in [1.82, 2.24) is 10.2 Å². The lowest BCUT2D eigenvalue weighted by Gasteiger charge is -1.91. The summed E-state index contributed by atoms with van der Waals surface area (Å²) < 4.78 is 0. The summed E-state index contributed by atoms with van der Waals surface area (Å²) in [5, 5.41) is 14.7. The van der Waals surface area contributed by atoms with E-state index in [1.54, 1.807) is 0 Å². The summed E-state index contributed by atoms with van der Waals surface area (Å²) >= 11 is 0. The Labute approximate surface area is 87.0 Å². The molecule has 0 atom stereocenters. The van der Waals surface area contributed by atoms with Crippen molar-refractivity contribution < 1.29 is 0 Å². The number of anilines is 1. The van der Waals surface area contributed by atoms with Gasteiger partial charge in [0, 0.05) is 0 Å². The minimum atomic E-state index is 0.368. The Bertz CT molecular complexity index is 452. The van der Waals surface area contributed by atoms with E-state index in [9.17, 15) is 0 Å². The first kappa shape index (κ1) is 9.39. The molecular weight excluding hydrogens is 190 g/mol. The molecule has 0 fully saturated rings. The van der Waals surface area contributed by atoms with Crippen molar-refractivity contribution in [3.8, 4) is 0 Å². The van der Waals surface area contributed by atoms with Gasteiger partial charge in [-0.05, 0) is 19.1 Å². The topological polar surface area (TPSA) is 79.4 Å². The van der Waals surface area contributed by atoms with Crippen molar-refractivity contribution in [2.45, 2.75) is 6.92 Å². The third-order valence-corrected chi connectivity index (χ3v) is 1.96. The summed E-state index contributed by atoms with van der Waals surface area (Å²) in [5.41, 5.74) is 7.81. The van der Waals surface area contributed by atoms with Crippen molar-refractivity contribution in [3.05, 3.63) is 36.0 Å². The van der Waals surface area contributed by atoms with Crippen LogP contribution in [0.25, 0.3) is 0 Å². The molecule has 0 aliphatic carbocycles. The van der Waals surface area contributed by atoms with Gasteiger partial charge in [0.25, 0.3) is 0 Å². The Morgan fingerprint density at radius 1 is 1.20 bits per heavy atom. The first-order chi connectivity index (χ1) is 7.27. The summed E-state index contributed by atoms with van der Waals surface area (Å²) in [4.78, 5) is 0. The molecule has 1 heterocycles. The lowest BCUT2D eigenvalue weighted by molar-refractivity contribution is 1.05. The molecule has 15 heavy (non-hydrogen) atoms. The zero-order valence-corrected chi connectivity index (χ0v) is 8.31. The summed E-state index contributed by atoms with van der Waals surface area (Å²) in [6.45, 7) is 1.85. The van der Waals surface area contributed by atoms with E-state index in [-0.39, 0.29) is 0 Å². The molecule has 2 aromatic rings. The minimum Gasteiger partial charge on any atom is -0.380 e. The fourth-order valence-corrected chi connectivity index (χ4v) is 1.17. The summed E-state index contributed by atoms with van der Waals surface area (Å²) in [7, 11) is 0. The number of nitrogen functional groups attached to an aromatic ring is 1. The smallest absolute Gasteiger partial charge is 0.173 e. The van der Waals surface area contributed by atoms with E-state index in [2.05, 4.69) is 20.4 Å². The van der Waals surface area contributed by atoms with E-state index < -0.39 is 0 Å². The van der Waals surface area contributed by atoms with Crippen LogP contribution in [0.2, 0.25) is 0 Å². The van der Waals surface area contributed by atoms with Gasteiger partial charge in [0.15, 0.2) is 5.82 Å². The van der Waals surface area contributed by atoms with Gasteiger partial charge in [0.2, 0.25) is 0 Å². The van der Waals surface area contributed by atoms with Gasteiger partial charge in [-0.1, -0.05) is 18.2 Å². The van der Waals surface area contributed by atoms with Crippen LogP contribution >= 0.6 is 0 Å². The highest BCUT2D eigenvalue weighted by Gasteiger charge is 2.04. The van der Waals surface area contributed by atoms with Gasteiger partial charge >= 0.3 is 0 Å². The molecule has 0 saturated carbocycles. The average molecular weight is 201 g/mol. The van der Waals surface area contributed by atoms with Crippen molar-refractivity contribution in [2.75, 3.05) is 5.73 Å². The number of azo groups is 1. The monoisotopic (exact) mass is 201 g/mol. The van der Waals surface area contributed by atoms with Crippen molar-refractivity contribution in [3.63, 3.8) is 0 Å². The maximum atomic E-state index is 5.61. The number of hydrogen-bond acceptors (Lipinski definition) is 4.